The first kappa shape index (κ1) is 23.4. The number of likely N-dealkylation sites (tertiary alicyclic amines) is 1. The van der Waals surface area contributed by atoms with Crippen molar-refractivity contribution in [2.75, 3.05) is 39.4 Å². The molecular formula is C24H29N3O5S. The molecule has 0 bridgehead atoms. The van der Waals surface area contributed by atoms with Crippen LogP contribution in [0.2, 0.25) is 0 Å². The molecule has 2 aromatic rings. The van der Waals surface area contributed by atoms with Crippen LogP contribution in [-0.4, -0.2) is 68.8 Å². The van der Waals surface area contributed by atoms with E-state index in [1.54, 1.807) is 24.3 Å². The molecule has 4 rings (SSSR count). The van der Waals surface area contributed by atoms with Gasteiger partial charge < -0.3 is 15.0 Å². The molecule has 9 heteroatoms. The summed E-state index contributed by atoms with van der Waals surface area (Å²) in [6.45, 7) is 3.11. The normalized spacial score (nSPS) is 17.5. The van der Waals surface area contributed by atoms with Gasteiger partial charge in [0, 0.05) is 43.9 Å². The van der Waals surface area contributed by atoms with Crippen molar-refractivity contribution >= 4 is 21.8 Å². The second-order valence-corrected chi connectivity index (χ2v) is 10.2. The molecule has 0 atom stereocenters. The second-order valence-electron chi connectivity index (χ2n) is 8.28. The van der Waals surface area contributed by atoms with E-state index in [0.29, 0.717) is 31.9 Å². The van der Waals surface area contributed by atoms with Gasteiger partial charge in [0.25, 0.3) is 11.8 Å². The lowest BCUT2D eigenvalue weighted by atomic mass is 10.1. The van der Waals surface area contributed by atoms with Crippen LogP contribution in [0, 0.1) is 0 Å². The number of amides is 2. The molecule has 176 valence electrons. The largest absolute Gasteiger partial charge is 0.379 e. The van der Waals surface area contributed by atoms with Crippen LogP contribution in [0.15, 0.2) is 53.4 Å². The summed E-state index contributed by atoms with van der Waals surface area (Å²) in [4.78, 5) is 27.4. The van der Waals surface area contributed by atoms with E-state index in [-0.39, 0.29) is 28.8 Å². The van der Waals surface area contributed by atoms with Crippen LogP contribution in [0.4, 0.5) is 0 Å². The lowest BCUT2D eigenvalue weighted by molar-refractivity contribution is 0.0724. The van der Waals surface area contributed by atoms with E-state index in [1.165, 1.54) is 16.4 Å². The van der Waals surface area contributed by atoms with Crippen LogP contribution in [0.1, 0.15) is 45.5 Å². The number of hydrogen-bond acceptors (Lipinski definition) is 5. The molecule has 0 radical (unpaired) electrons. The fourth-order valence-corrected chi connectivity index (χ4v) is 5.57. The molecule has 8 nitrogen and oxygen atoms in total. The molecule has 2 aromatic carbocycles. The van der Waals surface area contributed by atoms with Crippen LogP contribution >= 0.6 is 0 Å². The van der Waals surface area contributed by atoms with Gasteiger partial charge in [-0.25, -0.2) is 8.42 Å². The van der Waals surface area contributed by atoms with Crippen molar-refractivity contribution in [3.8, 4) is 0 Å². The maximum atomic E-state index is 12.9. The van der Waals surface area contributed by atoms with Gasteiger partial charge >= 0.3 is 0 Å². The zero-order valence-corrected chi connectivity index (χ0v) is 19.4. The smallest absolute Gasteiger partial charge is 0.253 e. The predicted octanol–water partition coefficient (Wildman–Crippen LogP) is 2.26. The Kier molecular flexibility index (Phi) is 7.42. The first-order valence-electron chi connectivity index (χ1n) is 11.3. The van der Waals surface area contributed by atoms with Crippen LogP contribution < -0.4 is 5.32 Å². The monoisotopic (exact) mass is 471 g/mol. The zero-order valence-electron chi connectivity index (χ0n) is 18.5. The molecule has 0 aliphatic carbocycles. The van der Waals surface area contributed by atoms with Crippen LogP contribution in [-0.2, 0) is 21.3 Å². The molecule has 2 amide bonds. The zero-order chi connectivity index (χ0) is 23.3. The standard InChI is InChI=1S/C24H29N3O5S/c28-23(20-7-5-9-22(17-20)33(30,31)27-12-14-32-15-13-27)25-18-19-6-4-8-21(16-19)24(29)26-10-2-1-3-11-26/h4-9,16-17H,1-3,10-15,18H2,(H,25,28). The van der Waals surface area contributed by atoms with Gasteiger partial charge in [0.05, 0.1) is 18.1 Å². The summed E-state index contributed by atoms with van der Waals surface area (Å²) in [7, 11) is -3.68. The van der Waals surface area contributed by atoms with Crippen molar-refractivity contribution in [2.24, 2.45) is 0 Å². The number of rotatable bonds is 6. The number of sulfonamides is 1. The number of nitrogens with one attached hydrogen (secondary N) is 1. The minimum atomic E-state index is -3.68. The highest BCUT2D eigenvalue weighted by atomic mass is 32.2. The lowest BCUT2D eigenvalue weighted by Crippen LogP contribution is -2.40. The first-order chi connectivity index (χ1) is 15.9. The molecule has 2 aliphatic rings. The van der Waals surface area contributed by atoms with Gasteiger partial charge in [-0.2, -0.15) is 4.31 Å². The van der Waals surface area contributed by atoms with Gasteiger partial charge in [-0.1, -0.05) is 18.2 Å². The fourth-order valence-electron chi connectivity index (χ4n) is 4.11. The van der Waals surface area contributed by atoms with E-state index in [0.717, 1.165) is 37.9 Å². The summed E-state index contributed by atoms with van der Waals surface area (Å²) < 4.78 is 32.4. The van der Waals surface area contributed by atoms with E-state index >= 15 is 0 Å². The topological polar surface area (TPSA) is 96.0 Å². The number of carbonyl (C=O) groups is 2. The SMILES string of the molecule is O=C(NCc1cccc(C(=O)N2CCCCC2)c1)c1cccc(S(=O)(=O)N2CCOCC2)c1. The third-order valence-corrected chi connectivity index (χ3v) is 7.87. The van der Waals surface area contributed by atoms with E-state index in [2.05, 4.69) is 5.32 Å². The Bertz CT molecular complexity index is 1110. The summed E-state index contributed by atoms with van der Waals surface area (Å²) in [6, 6.07) is 13.3. The Labute approximate surface area is 194 Å². The predicted molar refractivity (Wildman–Crippen MR) is 123 cm³/mol. The van der Waals surface area contributed by atoms with E-state index < -0.39 is 10.0 Å². The van der Waals surface area contributed by atoms with Gasteiger partial charge in [-0.05, 0) is 55.2 Å². The van der Waals surface area contributed by atoms with Crippen molar-refractivity contribution in [3.05, 3.63) is 65.2 Å². The molecule has 2 fully saturated rings. The molecule has 2 saturated heterocycles. The van der Waals surface area contributed by atoms with Gasteiger partial charge in [0.15, 0.2) is 0 Å². The average molecular weight is 472 g/mol. The minimum Gasteiger partial charge on any atom is -0.379 e. The van der Waals surface area contributed by atoms with Crippen LogP contribution in [0.3, 0.4) is 0 Å². The second kappa shape index (κ2) is 10.5. The first-order valence-corrected chi connectivity index (χ1v) is 12.7. The molecule has 1 N–H and O–H groups in total. The third kappa shape index (κ3) is 5.61. The van der Waals surface area contributed by atoms with Crippen molar-refractivity contribution in [3.63, 3.8) is 0 Å². The van der Waals surface area contributed by atoms with Gasteiger partial charge in [-0.3, -0.25) is 9.59 Å². The Morgan fingerprint density at radius 1 is 0.879 bits per heavy atom. The number of hydrogen-bond donors (Lipinski definition) is 1. The van der Waals surface area contributed by atoms with Crippen molar-refractivity contribution in [2.45, 2.75) is 30.7 Å². The van der Waals surface area contributed by atoms with Crippen molar-refractivity contribution in [1.82, 2.24) is 14.5 Å². The quantitative estimate of drug-likeness (QED) is 0.697. The number of benzene rings is 2. The molecule has 0 saturated carbocycles. The summed E-state index contributed by atoms with van der Waals surface area (Å²) in [5, 5.41) is 2.83. The number of nitrogens with zero attached hydrogens (tertiary/aromatic N) is 2. The number of piperidine rings is 1. The third-order valence-electron chi connectivity index (χ3n) is 5.97. The Morgan fingerprint density at radius 2 is 1.58 bits per heavy atom. The molecular weight excluding hydrogens is 442 g/mol. The fraction of sp³-hybridized carbons (Fsp3) is 0.417. The maximum Gasteiger partial charge on any atom is 0.253 e. The van der Waals surface area contributed by atoms with Gasteiger partial charge in [0.1, 0.15) is 0 Å². The highest BCUT2D eigenvalue weighted by Gasteiger charge is 2.27. The summed E-state index contributed by atoms with van der Waals surface area (Å²) in [6.07, 6.45) is 3.22. The van der Waals surface area contributed by atoms with E-state index in [1.807, 2.05) is 17.0 Å². The molecule has 0 spiro atoms. The Hall–Kier alpha value is -2.75. The highest BCUT2D eigenvalue weighted by molar-refractivity contribution is 7.89. The number of morpholine rings is 1. The lowest BCUT2D eigenvalue weighted by Gasteiger charge is -2.26. The van der Waals surface area contributed by atoms with Crippen molar-refractivity contribution < 1.29 is 22.7 Å². The molecule has 2 heterocycles. The van der Waals surface area contributed by atoms with E-state index in [9.17, 15) is 18.0 Å². The molecule has 33 heavy (non-hydrogen) atoms. The minimum absolute atomic E-state index is 0.0175. The number of ether oxygens (including phenoxy) is 1. The Balaban J connectivity index is 1.41. The Morgan fingerprint density at radius 3 is 2.33 bits per heavy atom. The average Bonchev–Trinajstić information content (AvgIpc) is 2.88. The number of carbonyl (C=O) groups excluding carboxylic acids is 2. The summed E-state index contributed by atoms with van der Waals surface area (Å²) >= 11 is 0. The van der Waals surface area contributed by atoms with Gasteiger partial charge in [-0.15, -0.1) is 0 Å². The summed E-state index contributed by atoms with van der Waals surface area (Å²) in [5.41, 5.74) is 1.69. The highest BCUT2D eigenvalue weighted by Crippen LogP contribution is 2.19. The van der Waals surface area contributed by atoms with Crippen LogP contribution in [0.25, 0.3) is 0 Å². The van der Waals surface area contributed by atoms with Crippen LogP contribution in [0.5, 0.6) is 0 Å². The molecule has 0 aromatic heterocycles. The van der Waals surface area contributed by atoms with Gasteiger partial charge in [0.2, 0.25) is 10.0 Å². The van der Waals surface area contributed by atoms with E-state index in [4.69, 9.17) is 4.74 Å². The molecule has 0 unspecified atom stereocenters. The van der Waals surface area contributed by atoms with Crippen molar-refractivity contribution in [1.29, 1.82) is 0 Å². The summed E-state index contributed by atoms with van der Waals surface area (Å²) in [5.74, 6) is -0.356. The maximum absolute atomic E-state index is 12.9. The molecule has 2 aliphatic heterocycles.